The standard InChI is InChI=1S/C32H32BrN3O2/c1-19-9-25(18-34-35-31(37)30-14-24-13-27(33)5-8-29(24)38-30)20(2)36(19)28-6-3-26(4-7-28)32-15-21-10-22(16-32)12-23(11-21)17-32/h3-9,13-14,18,21-23H,10-12,15-17H2,1-2H3,(H,35,37)/b34-18-. The highest BCUT2D eigenvalue weighted by Gasteiger charge is 2.51. The maximum absolute atomic E-state index is 12.6. The topological polar surface area (TPSA) is 59.5 Å². The number of halogens is 1. The first-order valence-electron chi connectivity index (χ1n) is 13.7. The van der Waals surface area contributed by atoms with Gasteiger partial charge in [0.2, 0.25) is 0 Å². The lowest BCUT2D eigenvalue weighted by atomic mass is 9.48. The van der Waals surface area contributed by atoms with Crippen LogP contribution in [0.5, 0.6) is 0 Å². The summed E-state index contributed by atoms with van der Waals surface area (Å²) >= 11 is 3.45. The summed E-state index contributed by atoms with van der Waals surface area (Å²) in [4.78, 5) is 12.6. The Bertz CT molecular complexity index is 1540. The zero-order chi connectivity index (χ0) is 26.0. The molecule has 0 atom stereocenters. The van der Waals surface area contributed by atoms with Crippen LogP contribution in [0.1, 0.15) is 71.6 Å². The van der Waals surface area contributed by atoms with Crippen LogP contribution in [0.4, 0.5) is 0 Å². The molecule has 1 N–H and O–H groups in total. The van der Waals surface area contributed by atoms with Gasteiger partial charge in [0.05, 0.1) is 6.21 Å². The van der Waals surface area contributed by atoms with Gasteiger partial charge in [-0.25, -0.2) is 5.43 Å². The molecule has 0 aliphatic heterocycles. The van der Waals surface area contributed by atoms with Gasteiger partial charge in [-0.15, -0.1) is 0 Å². The summed E-state index contributed by atoms with van der Waals surface area (Å²) < 4.78 is 8.87. The molecule has 5 nitrogen and oxygen atoms in total. The predicted molar refractivity (Wildman–Crippen MR) is 154 cm³/mol. The van der Waals surface area contributed by atoms with E-state index in [1.807, 2.05) is 18.2 Å². The third-order valence-electron chi connectivity index (χ3n) is 9.32. The number of fused-ring (bicyclic) bond motifs is 1. The number of aryl methyl sites for hydroxylation is 1. The van der Waals surface area contributed by atoms with Crippen molar-refractivity contribution in [2.75, 3.05) is 0 Å². The van der Waals surface area contributed by atoms with Gasteiger partial charge in [0.15, 0.2) is 5.76 Å². The van der Waals surface area contributed by atoms with Crippen LogP contribution in [0.25, 0.3) is 16.7 Å². The number of nitrogens with zero attached hydrogens (tertiary/aromatic N) is 2. The maximum atomic E-state index is 12.6. The van der Waals surface area contributed by atoms with Crippen molar-refractivity contribution in [2.45, 2.75) is 57.8 Å². The molecule has 0 spiro atoms. The number of rotatable bonds is 5. The zero-order valence-electron chi connectivity index (χ0n) is 21.8. The zero-order valence-corrected chi connectivity index (χ0v) is 23.4. The monoisotopic (exact) mass is 569 g/mol. The first-order valence-corrected chi connectivity index (χ1v) is 14.5. The van der Waals surface area contributed by atoms with Crippen molar-refractivity contribution < 1.29 is 9.21 Å². The summed E-state index contributed by atoms with van der Waals surface area (Å²) in [7, 11) is 0. The maximum Gasteiger partial charge on any atom is 0.307 e. The van der Waals surface area contributed by atoms with Crippen molar-refractivity contribution >= 4 is 39.0 Å². The van der Waals surface area contributed by atoms with E-state index in [2.05, 4.69) is 75.2 Å². The lowest BCUT2D eigenvalue weighted by Gasteiger charge is -2.57. The van der Waals surface area contributed by atoms with Crippen LogP contribution < -0.4 is 5.43 Å². The van der Waals surface area contributed by atoms with Gasteiger partial charge in [0.25, 0.3) is 0 Å². The largest absolute Gasteiger partial charge is 0.451 e. The van der Waals surface area contributed by atoms with Crippen LogP contribution in [0, 0.1) is 31.6 Å². The molecule has 2 aromatic heterocycles. The molecule has 4 aliphatic carbocycles. The average molecular weight is 571 g/mol. The molecule has 4 fully saturated rings. The number of benzene rings is 2. The Hall–Kier alpha value is -3.12. The summed E-state index contributed by atoms with van der Waals surface area (Å²) in [5.74, 6) is 2.71. The van der Waals surface area contributed by atoms with Gasteiger partial charge in [-0.05, 0) is 124 Å². The minimum Gasteiger partial charge on any atom is -0.451 e. The Morgan fingerprint density at radius 1 is 1.00 bits per heavy atom. The third-order valence-corrected chi connectivity index (χ3v) is 9.81. The smallest absolute Gasteiger partial charge is 0.307 e. The van der Waals surface area contributed by atoms with E-state index in [0.717, 1.165) is 44.6 Å². The van der Waals surface area contributed by atoms with Gasteiger partial charge < -0.3 is 8.98 Å². The molecule has 0 unspecified atom stereocenters. The number of furan rings is 1. The van der Waals surface area contributed by atoms with E-state index in [-0.39, 0.29) is 11.7 Å². The predicted octanol–water partition coefficient (Wildman–Crippen LogP) is 7.83. The van der Waals surface area contributed by atoms with Gasteiger partial charge in [-0.2, -0.15) is 5.10 Å². The number of hydrogen-bond acceptors (Lipinski definition) is 3. The summed E-state index contributed by atoms with van der Waals surface area (Å²) in [6.45, 7) is 4.21. The van der Waals surface area contributed by atoms with E-state index in [9.17, 15) is 4.79 Å². The van der Waals surface area contributed by atoms with Gasteiger partial charge in [-0.1, -0.05) is 28.1 Å². The molecule has 4 saturated carbocycles. The highest BCUT2D eigenvalue weighted by Crippen LogP contribution is 2.60. The van der Waals surface area contributed by atoms with Crippen LogP contribution in [0.2, 0.25) is 0 Å². The number of hydrogen-bond donors (Lipinski definition) is 1. The third kappa shape index (κ3) is 4.05. The molecule has 0 saturated heterocycles. The number of nitrogens with one attached hydrogen (secondary N) is 1. The fourth-order valence-electron chi connectivity index (χ4n) is 8.09. The molecule has 4 aliphatic rings. The van der Waals surface area contributed by atoms with Crippen molar-refractivity contribution in [3.8, 4) is 5.69 Å². The minimum atomic E-state index is -0.373. The molecule has 0 radical (unpaired) electrons. The van der Waals surface area contributed by atoms with Gasteiger partial charge in [0.1, 0.15) is 5.58 Å². The quantitative estimate of drug-likeness (QED) is 0.196. The van der Waals surface area contributed by atoms with Gasteiger partial charge in [0, 0.05) is 32.5 Å². The Labute approximate surface area is 231 Å². The second kappa shape index (κ2) is 8.98. The fraction of sp³-hybridized carbons (Fsp3) is 0.375. The second-order valence-electron chi connectivity index (χ2n) is 11.9. The summed E-state index contributed by atoms with van der Waals surface area (Å²) in [6, 6.07) is 18.8. The summed E-state index contributed by atoms with van der Waals surface area (Å²) in [5.41, 5.74) is 9.61. The lowest BCUT2D eigenvalue weighted by molar-refractivity contribution is -0.00518. The molecular weight excluding hydrogens is 538 g/mol. The number of carbonyl (C=O) groups is 1. The van der Waals surface area contributed by atoms with Gasteiger partial charge >= 0.3 is 5.91 Å². The first-order chi connectivity index (χ1) is 18.4. The molecule has 6 heteroatoms. The minimum absolute atomic E-state index is 0.236. The Kier molecular flexibility index (Phi) is 5.66. The Morgan fingerprint density at radius 3 is 2.37 bits per heavy atom. The molecule has 4 bridgehead atoms. The average Bonchev–Trinajstić information content (AvgIpc) is 3.43. The van der Waals surface area contributed by atoms with E-state index in [0.29, 0.717) is 11.0 Å². The van der Waals surface area contributed by atoms with E-state index in [4.69, 9.17) is 4.42 Å². The number of hydrazone groups is 1. The van der Waals surface area contributed by atoms with Crippen LogP contribution in [-0.2, 0) is 5.41 Å². The Balaban J connectivity index is 1.08. The molecule has 8 rings (SSSR count). The van der Waals surface area contributed by atoms with Crippen molar-refractivity contribution in [3.63, 3.8) is 0 Å². The molecular formula is C32H32BrN3O2. The Morgan fingerprint density at radius 2 is 1.68 bits per heavy atom. The SMILES string of the molecule is Cc1cc(/C=N\NC(=O)c2cc3cc(Br)ccc3o2)c(C)n1-c1ccc(C23CC4CC(CC(C4)C2)C3)cc1. The van der Waals surface area contributed by atoms with Crippen LogP contribution >= 0.6 is 15.9 Å². The van der Waals surface area contributed by atoms with E-state index >= 15 is 0 Å². The van der Waals surface area contributed by atoms with Crippen LogP contribution in [-0.4, -0.2) is 16.7 Å². The number of aromatic nitrogens is 1. The van der Waals surface area contributed by atoms with E-state index in [1.54, 1.807) is 17.8 Å². The number of carbonyl (C=O) groups excluding carboxylic acids is 1. The molecule has 1 amide bonds. The van der Waals surface area contributed by atoms with Crippen molar-refractivity contribution in [2.24, 2.45) is 22.9 Å². The molecule has 194 valence electrons. The molecule has 2 heterocycles. The molecule has 4 aromatic rings. The fourth-order valence-corrected chi connectivity index (χ4v) is 8.46. The number of amides is 1. The normalized spacial score (nSPS) is 26.0. The van der Waals surface area contributed by atoms with E-state index in [1.165, 1.54) is 44.2 Å². The highest BCUT2D eigenvalue weighted by atomic mass is 79.9. The summed E-state index contributed by atoms with van der Waals surface area (Å²) in [6.07, 6.45) is 10.3. The lowest BCUT2D eigenvalue weighted by Crippen LogP contribution is -2.48. The molecule has 38 heavy (non-hydrogen) atoms. The van der Waals surface area contributed by atoms with Crippen molar-refractivity contribution in [1.82, 2.24) is 9.99 Å². The van der Waals surface area contributed by atoms with E-state index < -0.39 is 0 Å². The van der Waals surface area contributed by atoms with Crippen LogP contribution in [0.3, 0.4) is 0 Å². The second-order valence-corrected chi connectivity index (χ2v) is 12.8. The van der Waals surface area contributed by atoms with Crippen LogP contribution in [0.15, 0.2) is 68.6 Å². The van der Waals surface area contributed by atoms with Crippen molar-refractivity contribution in [3.05, 3.63) is 87.3 Å². The first kappa shape index (κ1) is 24.0. The summed E-state index contributed by atoms with van der Waals surface area (Å²) in [5, 5.41) is 5.09. The van der Waals surface area contributed by atoms with Crippen molar-refractivity contribution in [1.29, 1.82) is 0 Å². The van der Waals surface area contributed by atoms with Gasteiger partial charge in [-0.3, -0.25) is 4.79 Å². The molecule has 2 aromatic carbocycles. The highest BCUT2D eigenvalue weighted by molar-refractivity contribution is 9.10.